The van der Waals surface area contributed by atoms with E-state index in [0.29, 0.717) is 5.56 Å². The van der Waals surface area contributed by atoms with Crippen LogP contribution in [0.25, 0.3) is 0 Å². The average molecular weight is 412 g/mol. The number of halogens is 4. The first-order valence-electron chi connectivity index (χ1n) is 9.53. The zero-order valence-electron chi connectivity index (χ0n) is 16.3. The average Bonchev–Trinajstić information content (AvgIpc) is 3.54. The third-order valence-corrected chi connectivity index (χ3v) is 4.50. The van der Waals surface area contributed by atoms with E-state index >= 15 is 0 Å². The second kappa shape index (κ2) is 9.11. The number of ether oxygens (including phenoxy) is 2. The normalized spacial score (nSPS) is 21.5. The fourth-order valence-corrected chi connectivity index (χ4v) is 2.78. The molecule has 0 heterocycles. The van der Waals surface area contributed by atoms with Crippen LogP contribution in [-0.4, -0.2) is 37.6 Å². The second-order valence-corrected chi connectivity index (χ2v) is 6.80. The molecule has 5 nitrogen and oxygen atoms in total. The number of benzene rings is 1. The van der Waals surface area contributed by atoms with E-state index in [1.54, 1.807) is 30.3 Å². The lowest BCUT2D eigenvalue weighted by Gasteiger charge is -2.26. The molecule has 1 fully saturated rings. The van der Waals surface area contributed by atoms with E-state index < -0.39 is 53.9 Å². The molecule has 0 saturated heterocycles. The number of hydrogen-bond acceptors (Lipinski definition) is 4. The Bertz CT molecular complexity index is 870. The van der Waals surface area contributed by atoms with Crippen LogP contribution >= 0.6 is 0 Å². The van der Waals surface area contributed by atoms with Gasteiger partial charge in [-0.2, -0.15) is 8.78 Å². The Kier molecular flexibility index (Phi) is 6.12. The van der Waals surface area contributed by atoms with Crippen molar-refractivity contribution in [3.8, 4) is 0 Å². The lowest BCUT2D eigenvalue weighted by atomic mass is 9.98. The summed E-state index contributed by atoms with van der Waals surface area (Å²) in [7, 11) is 0. The Morgan fingerprint density at radius 2 is 2.00 bits per heavy atom. The summed E-state index contributed by atoms with van der Waals surface area (Å²) >= 11 is 0. The number of amides is 1. The highest BCUT2D eigenvalue weighted by Gasteiger charge is 2.39. The molecule has 2 aliphatic carbocycles. The minimum Gasteiger partial charge on any atom is -0.487 e. The Hall–Kier alpha value is -2.84. The Balaban J connectivity index is 1.82. The molecule has 1 aromatic carbocycles. The molecule has 0 aromatic heterocycles. The maximum Gasteiger partial charge on any atom is 0.387 e. The van der Waals surface area contributed by atoms with Gasteiger partial charge in [-0.15, -0.1) is 0 Å². The van der Waals surface area contributed by atoms with Gasteiger partial charge < -0.3 is 14.8 Å². The van der Waals surface area contributed by atoms with Crippen LogP contribution in [0.15, 0.2) is 53.3 Å². The van der Waals surface area contributed by atoms with Crippen molar-refractivity contribution in [2.75, 3.05) is 13.2 Å². The number of carbonyl (C=O) groups excluding carboxylic acids is 1. The van der Waals surface area contributed by atoms with Gasteiger partial charge in [0.15, 0.2) is 19.1 Å². The standard InChI is InChI=1S/C20H20F4N2O3/c21-15-13(9-26-14(27)8-11-4-2-1-3-5-11)18(29-20(23)24)19(17(25)16(15)22)28-10-12-6-7-12/h1-5,12,16,20,25H,6-10H2,(H,26,27)/b25-17-. The summed E-state index contributed by atoms with van der Waals surface area (Å²) in [4.78, 5) is 12.2. The van der Waals surface area contributed by atoms with Crippen molar-refractivity contribution >= 4 is 11.6 Å². The van der Waals surface area contributed by atoms with Gasteiger partial charge in [0, 0.05) is 6.54 Å². The minimum absolute atomic E-state index is 0.0337. The molecule has 2 aliphatic rings. The lowest BCUT2D eigenvalue weighted by Crippen LogP contribution is -2.34. The summed E-state index contributed by atoms with van der Waals surface area (Å²) in [5.74, 6) is -3.12. The SMILES string of the molecule is [H]/N=C1\C(OCC2CC2)=C(OC(F)F)C(CNC(=O)Cc2ccccc2)=C(F)C1F. The van der Waals surface area contributed by atoms with Crippen LogP contribution in [0.3, 0.4) is 0 Å². The fraction of sp³-hybridized carbons (Fsp3) is 0.400. The smallest absolute Gasteiger partial charge is 0.387 e. The summed E-state index contributed by atoms with van der Waals surface area (Å²) in [6, 6.07) is 8.68. The first-order valence-corrected chi connectivity index (χ1v) is 9.08. The van der Waals surface area contributed by atoms with E-state index in [4.69, 9.17) is 6.15 Å². The molecule has 3 rings (SSSR count). The van der Waals surface area contributed by atoms with E-state index in [-0.39, 0.29) is 18.9 Å². The summed E-state index contributed by atoms with van der Waals surface area (Å²) in [6.45, 7) is -3.88. The molecule has 0 aliphatic heterocycles. The third kappa shape index (κ3) is 5.36. The molecule has 1 atom stereocenters. The largest absolute Gasteiger partial charge is 0.487 e. The van der Waals surface area contributed by atoms with Crippen molar-refractivity contribution in [2.24, 2.45) is 5.92 Å². The van der Waals surface area contributed by atoms with Crippen molar-refractivity contribution in [3.05, 3.63) is 58.8 Å². The molecule has 0 spiro atoms. The first kappa shape index (κ1) is 19.5. The molecular formula is C20H20F4N2O3. The van der Waals surface area contributed by atoms with Gasteiger partial charge in [-0.1, -0.05) is 30.3 Å². The van der Waals surface area contributed by atoms with E-state index in [2.05, 4.69) is 15.5 Å². The van der Waals surface area contributed by atoms with Crippen molar-refractivity contribution in [2.45, 2.75) is 32.0 Å². The van der Waals surface area contributed by atoms with Gasteiger partial charge in [0.05, 0.1) is 18.6 Å². The highest BCUT2D eigenvalue weighted by atomic mass is 19.3. The Morgan fingerprint density at radius 1 is 1.28 bits per heavy atom. The van der Waals surface area contributed by atoms with Crippen molar-refractivity contribution < 1.29 is 33.2 Å². The molecule has 1 aromatic rings. The molecule has 0 radical (unpaired) electrons. The van der Waals surface area contributed by atoms with Gasteiger partial charge in [0.1, 0.15) is 11.5 Å². The van der Waals surface area contributed by atoms with Gasteiger partial charge in [-0.25, -0.2) is 8.78 Å². The quantitative estimate of drug-likeness (QED) is 0.606. The number of nitrogens with one attached hydrogen (secondary N) is 2. The molecule has 2 N–H and O–H groups in total. The monoisotopic (exact) mass is 412 g/mol. The maximum absolute atomic E-state index is 14.6. The molecule has 0 bridgehead atoms. The Labute approximate surface area is 166 Å². The fourth-order valence-electron chi connectivity index (χ4n) is 2.78. The molecule has 29 heavy (non-hydrogen) atoms. The van der Waals surface area contributed by atoms with Crippen LogP contribution in [0.5, 0.6) is 0 Å². The van der Waals surface area contributed by atoms with E-state index in [0.717, 1.165) is 12.8 Å². The zero-order chi connectivity index (χ0) is 21.7. The van der Waals surface area contributed by atoms with E-state index in [9.17, 15) is 22.4 Å². The van der Waals surface area contributed by atoms with Crippen LogP contribution in [0.2, 0.25) is 1.41 Å². The van der Waals surface area contributed by atoms with Crippen molar-refractivity contribution in [1.82, 2.24) is 5.32 Å². The predicted octanol–water partition coefficient (Wildman–Crippen LogP) is 3.82. The van der Waals surface area contributed by atoms with Crippen LogP contribution in [0, 0.1) is 11.3 Å². The molecule has 1 amide bonds. The topological polar surface area (TPSA) is 71.4 Å². The van der Waals surface area contributed by atoms with E-state index in [1.165, 1.54) is 0 Å². The number of rotatable bonds is 9. The molecular weight excluding hydrogens is 392 g/mol. The first-order chi connectivity index (χ1) is 14.4. The molecule has 1 saturated carbocycles. The summed E-state index contributed by atoms with van der Waals surface area (Å²) < 4.78 is 72.0. The number of alkyl halides is 3. The van der Waals surface area contributed by atoms with Crippen LogP contribution < -0.4 is 5.32 Å². The minimum atomic E-state index is -3.36. The Morgan fingerprint density at radius 3 is 2.62 bits per heavy atom. The molecule has 156 valence electrons. The highest BCUT2D eigenvalue weighted by Crippen LogP contribution is 2.36. The van der Waals surface area contributed by atoms with E-state index in [1.807, 2.05) is 0 Å². The summed E-state index contributed by atoms with van der Waals surface area (Å²) in [5.41, 5.74) is -0.710. The lowest BCUT2D eigenvalue weighted by molar-refractivity contribution is -0.120. The third-order valence-electron chi connectivity index (χ3n) is 4.50. The van der Waals surface area contributed by atoms with Crippen LogP contribution in [0.1, 0.15) is 18.4 Å². The number of carbonyl (C=O) groups is 1. The van der Waals surface area contributed by atoms with Gasteiger partial charge in [-0.05, 0) is 24.3 Å². The number of hydrogen-bond donors (Lipinski definition) is 2. The van der Waals surface area contributed by atoms with Crippen molar-refractivity contribution in [1.29, 1.82) is 5.40 Å². The van der Waals surface area contributed by atoms with Gasteiger partial charge in [0.25, 0.3) is 0 Å². The summed E-state index contributed by atoms with van der Waals surface area (Å²) in [5, 5.41) is 5.31. The van der Waals surface area contributed by atoms with Gasteiger partial charge in [0.2, 0.25) is 5.91 Å². The molecule has 1 unspecified atom stereocenters. The highest BCUT2D eigenvalue weighted by molar-refractivity contribution is 6.03. The second-order valence-electron chi connectivity index (χ2n) is 6.80. The number of allylic oxidation sites excluding steroid dienone is 2. The van der Waals surface area contributed by atoms with Crippen molar-refractivity contribution in [3.63, 3.8) is 0 Å². The van der Waals surface area contributed by atoms with Crippen LogP contribution in [-0.2, 0) is 20.7 Å². The summed E-state index contributed by atoms with van der Waals surface area (Å²) in [6.07, 6.45) is -0.800. The maximum atomic E-state index is 14.6. The zero-order valence-corrected chi connectivity index (χ0v) is 15.3. The van der Waals surface area contributed by atoms with Gasteiger partial charge >= 0.3 is 6.61 Å². The molecule has 9 heteroatoms. The predicted molar refractivity (Wildman–Crippen MR) is 96.7 cm³/mol. The van der Waals surface area contributed by atoms with Crippen LogP contribution in [0.4, 0.5) is 17.6 Å². The van der Waals surface area contributed by atoms with Gasteiger partial charge in [-0.3, -0.25) is 10.2 Å².